The Kier molecular flexibility index (Phi) is 3.03. The van der Waals surface area contributed by atoms with Crippen molar-refractivity contribution >= 4 is 5.69 Å². The van der Waals surface area contributed by atoms with Crippen molar-refractivity contribution in [2.45, 2.75) is 19.9 Å². The van der Waals surface area contributed by atoms with Crippen LogP contribution in [-0.2, 0) is 0 Å². The van der Waals surface area contributed by atoms with Crippen molar-refractivity contribution in [2.24, 2.45) is 0 Å². The van der Waals surface area contributed by atoms with Gasteiger partial charge in [0.05, 0.1) is 23.0 Å². The number of ether oxygens (including phenoxy) is 1. The summed E-state index contributed by atoms with van der Waals surface area (Å²) in [6.45, 7) is 4.36. The number of nitrogens with one attached hydrogen (secondary N) is 1. The van der Waals surface area contributed by atoms with Crippen molar-refractivity contribution in [3.05, 3.63) is 52.8 Å². The molecule has 20 heavy (non-hydrogen) atoms. The van der Waals surface area contributed by atoms with Gasteiger partial charge in [-0.1, -0.05) is 18.2 Å². The van der Waals surface area contributed by atoms with Crippen molar-refractivity contribution in [1.29, 1.82) is 5.26 Å². The lowest BCUT2D eigenvalue weighted by molar-refractivity contribution is 0.340. The lowest BCUT2D eigenvalue weighted by Crippen LogP contribution is -2.13. The predicted octanol–water partition coefficient (Wildman–Crippen LogP) is 3.12. The molecule has 3 rings (SSSR count). The number of benzene rings is 1. The van der Waals surface area contributed by atoms with Gasteiger partial charge in [0, 0.05) is 11.3 Å². The van der Waals surface area contributed by atoms with Crippen LogP contribution in [0.3, 0.4) is 0 Å². The summed E-state index contributed by atoms with van der Waals surface area (Å²) in [6.07, 6.45) is 0. The number of nitrogens with zero attached hydrogens (tertiary/aromatic N) is 2. The van der Waals surface area contributed by atoms with Gasteiger partial charge >= 0.3 is 0 Å². The van der Waals surface area contributed by atoms with E-state index in [1.165, 1.54) is 0 Å². The molecule has 4 nitrogen and oxygen atoms in total. The van der Waals surface area contributed by atoms with Crippen LogP contribution in [0.4, 0.5) is 5.69 Å². The Hall–Kier alpha value is -2.54. The Balaban J connectivity index is 1.96. The highest BCUT2D eigenvalue weighted by molar-refractivity contribution is 5.61. The average Bonchev–Trinajstić information content (AvgIpc) is 2.82. The van der Waals surface area contributed by atoms with E-state index in [1.807, 2.05) is 44.2 Å². The van der Waals surface area contributed by atoms with Crippen LogP contribution < -0.4 is 10.1 Å². The molecule has 4 heteroatoms. The second-order valence-electron chi connectivity index (χ2n) is 4.93. The highest BCUT2D eigenvalue weighted by Crippen LogP contribution is 2.35. The van der Waals surface area contributed by atoms with Gasteiger partial charge in [-0.2, -0.15) is 5.26 Å². The summed E-state index contributed by atoms with van der Waals surface area (Å²) in [5.74, 6) is 0.908. The minimum absolute atomic E-state index is 0.0690. The van der Waals surface area contributed by atoms with Crippen molar-refractivity contribution < 1.29 is 4.74 Å². The third-order valence-corrected chi connectivity index (χ3v) is 3.47. The van der Waals surface area contributed by atoms with Gasteiger partial charge < -0.3 is 10.1 Å². The van der Waals surface area contributed by atoms with Gasteiger partial charge in [-0.05, 0) is 26.0 Å². The average molecular weight is 265 g/mol. The van der Waals surface area contributed by atoms with Crippen LogP contribution in [-0.4, -0.2) is 11.6 Å². The normalized spacial score (nSPS) is 16.1. The molecule has 1 aliphatic rings. The van der Waals surface area contributed by atoms with Gasteiger partial charge in [0.1, 0.15) is 18.4 Å². The second-order valence-corrected chi connectivity index (χ2v) is 4.93. The molecule has 0 spiro atoms. The van der Waals surface area contributed by atoms with Crippen molar-refractivity contribution in [2.75, 3.05) is 11.9 Å². The van der Waals surface area contributed by atoms with E-state index in [1.54, 1.807) is 0 Å². The maximum Gasteiger partial charge on any atom is 0.124 e. The predicted molar refractivity (Wildman–Crippen MR) is 76.7 cm³/mol. The molecule has 0 saturated heterocycles. The van der Waals surface area contributed by atoms with E-state index >= 15 is 0 Å². The summed E-state index contributed by atoms with van der Waals surface area (Å²) in [5.41, 5.74) is 4.20. The summed E-state index contributed by atoms with van der Waals surface area (Å²) in [4.78, 5) is 4.33. The van der Waals surface area contributed by atoms with E-state index in [9.17, 15) is 5.26 Å². The van der Waals surface area contributed by atoms with E-state index < -0.39 is 0 Å². The van der Waals surface area contributed by atoms with Crippen LogP contribution in [0.1, 0.15) is 28.6 Å². The Morgan fingerprint density at radius 2 is 2.15 bits per heavy atom. The zero-order chi connectivity index (χ0) is 14.1. The number of nitriles is 1. The maximum absolute atomic E-state index is 9.30. The number of rotatable bonds is 2. The molecule has 0 amide bonds. The zero-order valence-electron chi connectivity index (χ0n) is 11.5. The lowest BCUT2D eigenvalue weighted by Gasteiger charge is -2.16. The van der Waals surface area contributed by atoms with Gasteiger partial charge in [-0.3, -0.25) is 4.98 Å². The molecule has 0 radical (unpaired) electrons. The monoisotopic (exact) mass is 265 g/mol. The second kappa shape index (κ2) is 4.86. The fourth-order valence-electron chi connectivity index (χ4n) is 2.55. The molecule has 0 aliphatic carbocycles. The molecule has 1 unspecified atom stereocenters. The summed E-state index contributed by atoms with van der Waals surface area (Å²) >= 11 is 0. The Morgan fingerprint density at radius 1 is 1.35 bits per heavy atom. The zero-order valence-corrected chi connectivity index (χ0v) is 11.5. The number of pyridine rings is 1. The molecule has 2 heterocycles. The van der Waals surface area contributed by atoms with E-state index in [0.29, 0.717) is 12.2 Å². The quantitative estimate of drug-likeness (QED) is 0.906. The van der Waals surface area contributed by atoms with Crippen molar-refractivity contribution in [3.8, 4) is 11.8 Å². The van der Waals surface area contributed by atoms with E-state index in [0.717, 1.165) is 28.4 Å². The maximum atomic E-state index is 9.30. The fraction of sp³-hybridized carbons (Fsp3) is 0.250. The first-order chi connectivity index (χ1) is 9.69. The number of aryl methyl sites for hydroxylation is 2. The Bertz CT molecular complexity index is 703. The van der Waals surface area contributed by atoms with Gasteiger partial charge in [0.25, 0.3) is 0 Å². The van der Waals surface area contributed by atoms with Crippen LogP contribution in [0.5, 0.6) is 5.75 Å². The minimum Gasteiger partial charge on any atom is -0.491 e. The smallest absolute Gasteiger partial charge is 0.124 e. The third kappa shape index (κ3) is 2.08. The first-order valence-electron chi connectivity index (χ1n) is 6.55. The van der Waals surface area contributed by atoms with Crippen molar-refractivity contribution in [3.63, 3.8) is 0 Å². The molecule has 0 saturated carbocycles. The molecular formula is C16H15N3O. The standard InChI is InChI=1S/C16H15N3O/c1-10-7-14(13(8-17)11(2)18-10)19-15-9-20-16-6-4-3-5-12(15)16/h3-7,15H,9H2,1-2H3,(H,18,19). The highest BCUT2D eigenvalue weighted by Gasteiger charge is 2.24. The molecular weight excluding hydrogens is 250 g/mol. The molecule has 1 atom stereocenters. The molecule has 1 aromatic heterocycles. The number of hydrogen-bond acceptors (Lipinski definition) is 4. The van der Waals surface area contributed by atoms with Crippen LogP contribution >= 0.6 is 0 Å². The lowest BCUT2D eigenvalue weighted by atomic mass is 10.1. The highest BCUT2D eigenvalue weighted by atomic mass is 16.5. The van der Waals surface area contributed by atoms with Gasteiger partial charge in [-0.15, -0.1) is 0 Å². The summed E-state index contributed by atoms with van der Waals surface area (Å²) in [7, 11) is 0. The topological polar surface area (TPSA) is 57.9 Å². The Labute approximate surface area is 118 Å². The first-order valence-corrected chi connectivity index (χ1v) is 6.55. The molecule has 2 aromatic rings. The van der Waals surface area contributed by atoms with Crippen LogP contribution in [0.15, 0.2) is 30.3 Å². The molecule has 0 fully saturated rings. The van der Waals surface area contributed by atoms with Crippen LogP contribution in [0.2, 0.25) is 0 Å². The molecule has 1 aromatic carbocycles. The number of fused-ring (bicyclic) bond motifs is 1. The first kappa shape index (κ1) is 12.5. The number of aromatic nitrogens is 1. The molecule has 100 valence electrons. The summed E-state index contributed by atoms with van der Waals surface area (Å²) in [5, 5.41) is 12.7. The van der Waals surface area contributed by atoms with Crippen LogP contribution in [0.25, 0.3) is 0 Å². The van der Waals surface area contributed by atoms with E-state index in [4.69, 9.17) is 4.74 Å². The van der Waals surface area contributed by atoms with Gasteiger partial charge in [0.2, 0.25) is 0 Å². The number of para-hydroxylation sites is 1. The summed E-state index contributed by atoms with van der Waals surface area (Å²) in [6, 6.07) is 12.2. The van der Waals surface area contributed by atoms with Gasteiger partial charge in [0.15, 0.2) is 0 Å². The third-order valence-electron chi connectivity index (χ3n) is 3.47. The van der Waals surface area contributed by atoms with Crippen LogP contribution in [0, 0.1) is 25.2 Å². The van der Waals surface area contributed by atoms with Crippen molar-refractivity contribution in [1.82, 2.24) is 4.98 Å². The fourth-order valence-corrected chi connectivity index (χ4v) is 2.55. The van der Waals surface area contributed by atoms with E-state index in [-0.39, 0.29) is 6.04 Å². The van der Waals surface area contributed by atoms with Gasteiger partial charge in [-0.25, -0.2) is 0 Å². The largest absolute Gasteiger partial charge is 0.491 e. The number of hydrogen-bond donors (Lipinski definition) is 1. The number of anilines is 1. The molecule has 1 N–H and O–H groups in total. The Morgan fingerprint density at radius 3 is 2.95 bits per heavy atom. The summed E-state index contributed by atoms with van der Waals surface area (Å²) < 4.78 is 5.66. The van der Waals surface area contributed by atoms with E-state index in [2.05, 4.69) is 16.4 Å². The molecule has 0 bridgehead atoms. The minimum atomic E-state index is 0.0690. The molecule has 1 aliphatic heterocycles. The SMILES string of the molecule is Cc1cc(NC2COc3ccccc32)c(C#N)c(C)n1.